The van der Waals surface area contributed by atoms with Crippen molar-refractivity contribution >= 4 is 24.8 Å². The van der Waals surface area contributed by atoms with Gasteiger partial charge in [-0.05, 0) is 75.4 Å². The highest BCUT2D eigenvalue weighted by atomic mass is 35.5. The van der Waals surface area contributed by atoms with Crippen molar-refractivity contribution in [2.75, 3.05) is 44.5 Å². The highest BCUT2D eigenvalue weighted by molar-refractivity contribution is 7.76. The summed E-state index contributed by atoms with van der Waals surface area (Å²) in [5.41, 5.74) is 3.06. The molecule has 1 saturated heterocycles. The maximum absolute atomic E-state index is 12.8. The van der Waals surface area contributed by atoms with Crippen LogP contribution in [0.15, 0.2) is 30.4 Å². The summed E-state index contributed by atoms with van der Waals surface area (Å²) in [7, 11) is -1.16. The molecule has 1 fully saturated rings. The number of carbonyl (C=O) groups excluding carboxylic acids is 1. The molecule has 1 aliphatic rings. The van der Waals surface area contributed by atoms with E-state index in [0.717, 1.165) is 62.9 Å². The van der Waals surface area contributed by atoms with Gasteiger partial charge in [0.05, 0.1) is 29.1 Å². The highest BCUT2D eigenvalue weighted by Gasteiger charge is 2.38. The van der Waals surface area contributed by atoms with Gasteiger partial charge >= 0.3 is 0 Å². The van der Waals surface area contributed by atoms with E-state index in [0.29, 0.717) is 10.6 Å². The summed E-state index contributed by atoms with van der Waals surface area (Å²) < 4.78 is 0. The van der Waals surface area contributed by atoms with Crippen molar-refractivity contribution in [3.05, 3.63) is 46.5 Å². The van der Waals surface area contributed by atoms with E-state index >= 15 is 0 Å². The van der Waals surface area contributed by atoms with E-state index in [1.165, 1.54) is 18.2 Å². The topological polar surface area (TPSA) is 61.4 Å². The van der Waals surface area contributed by atoms with Crippen molar-refractivity contribution < 1.29 is 9.90 Å². The molecule has 1 atom stereocenters. The number of aryl methyl sites for hydroxylation is 1. The molecule has 156 valence electrons. The molecular formula is C22H35ClN2O2P+. The Hall–Kier alpha value is -0.930. The summed E-state index contributed by atoms with van der Waals surface area (Å²) in [5, 5.41) is 15.8. The van der Waals surface area contributed by atoms with Crippen LogP contribution in [0.5, 0.6) is 0 Å². The monoisotopic (exact) mass is 425 g/mol. The highest BCUT2D eigenvalue weighted by Crippen LogP contribution is 2.61. The van der Waals surface area contributed by atoms with Crippen molar-refractivity contribution in [3.8, 4) is 0 Å². The Balaban J connectivity index is 1.90. The summed E-state index contributed by atoms with van der Waals surface area (Å²) in [6.07, 6.45) is 9.31. The molecular weight excluding hydrogens is 391 g/mol. The molecule has 0 aliphatic carbocycles. The zero-order valence-electron chi connectivity index (χ0n) is 17.1. The van der Waals surface area contributed by atoms with Crippen LogP contribution in [0.3, 0.4) is 0 Å². The number of aliphatic hydroxyl groups is 1. The van der Waals surface area contributed by atoms with Crippen molar-refractivity contribution in [3.63, 3.8) is 0 Å². The molecule has 2 rings (SSSR count). The van der Waals surface area contributed by atoms with Crippen LogP contribution >= 0.6 is 18.9 Å². The molecule has 0 radical (unpaired) electrons. The lowest BCUT2D eigenvalue weighted by Crippen LogP contribution is -2.30. The first-order valence-corrected chi connectivity index (χ1v) is 13.3. The van der Waals surface area contributed by atoms with Crippen LogP contribution < -0.4 is 10.6 Å². The number of hydrogen-bond acceptors (Lipinski definition) is 3. The van der Waals surface area contributed by atoms with E-state index in [9.17, 15) is 4.79 Å². The van der Waals surface area contributed by atoms with Gasteiger partial charge in [0.1, 0.15) is 6.29 Å². The van der Waals surface area contributed by atoms with Crippen LogP contribution in [0.25, 0.3) is 0 Å². The second kappa shape index (κ2) is 11.9. The van der Waals surface area contributed by atoms with Gasteiger partial charge in [-0.3, -0.25) is 4.79 Å². The zero-order chi connectivity index (χ0) is 20.4. The van der Waals surface area contributed by atoms with E-state index in [2.05, 4.69) is 24.1 Å². The SMILES string of the molecule is C=C1CCC[P+](CC)(CNC(=O)c2cc(CCCNCCCO)ccc2Cl)C1. The number of rotatable bonds is 11. The minimum absolute atomic E-state index is 0.0584. The minimum atomic E-state index is -1.16. The third kappa shape index (κ3) is 7.15. The Kier molecular flexibility index (Phi) is 9.94. The van der Waals surface area contributed by atoms with Crippen molar-refractivity contribution in [1.82, 2.24) is 10.6 Å². The predicted molar refractivity (Wildman–Crippen MR) is 122 cm³/mol. The summed E-state index contributed by atoms with van der Waals surface area (Å²) in [6.45, 7) is 8.40. The first-order chi connectivity index (χ1) is 13.5. The summed E-state index contributed by atoms with van der Waals surface area (Å²) >= 11 is 6.32. The van der Waals surface area contributed by atoms with E-state index in [1.54, 1.807) is 0 Å². The third-order valence-corrected chi connectivity index (χ3v) is 10.5. The predicted octanol–water partition coefficient (Wildman–Crippen LogP) is 4.32. The van der Waals surface area contributed by atoms with Gasteiger partial charge in [0.2, 0.25) is 0 Å². The molecule has 0 aromatic heterocycles. The molecule has 0 saturated carbocycles. The second-order valence-corrected chi connectivity index (χ2v) is 12.6. The van der Waals surface area contributed by atoms with Crippen molar-refractivity contribution in [2.45, 2.75) is 39.0 Å². The molecule has 4 nitrogen and oxygen atoms in total. The quantitative estimate of drug-likeness (QED) is 0.281. The molecule has 1 aromatic carbocycles. The largest absolute Gasteiger partial charge is 0.396 e. The van der Waals surface area contributed by atoms with E-state index in [4.69, 9.17) is 16.7 Å². The number of nitrogens with one attached hydrogen (secondary N) is 2. The molecule has 1 heterocycles. The lowest BCUT2D eigenvalue weighted by Gasteiger charge is -2.31. The molecule has 3 N–H and O–H groups in total. The van der Waals surface area contributed by atoms with Crippen LogP contribution in [0, 0.1) is 0 Å². The molecule has 1 unspecified atom stereocenters. The van der Waals surface area contributed by atoms with Crippen LogP contribution in [-0.4, -0.2) is 55.5 Å². The summed E-state index contributed by atoms with van der Waals surface area (Å²) in [4.78, 5) is 12.8. The van der Waals surface area contributed by atoms with Gasteiger partial charge in [-0.25, -0.2) is 0 Å². The molecule has 6 heteroatoms. The molecule has 1 aliphatic heterocycles. The van der Waals surface area contributed by atoms with Crippen LogP contribution in [-0.2, 0) is 6.42 Å². The number of amides is 1. The molecule has 28 heavy (non-hydrogen) atoms. The average molecular weight is 426 g/mol. The fourth-order valence-corrected chi connectivity index (χ4v) is 7.61. The summed E-state index contributed by atoms with van der Waals surface area (Å²) in [6, 6.07) is 5.76. The van der Waals surface area contributed by atoms with Crippen LogP contribution in [0.1, 0.15) is 48.5 Å². The van der Waals surface area contributed by atoms with Crippen LogP contribution in [0.4, 0.5) is 0 Å². The first kappa shape index (κ1) is 23.3. The number of hydrogen-bond donors (Lipinski definition) is 3. The van der Waals surface area contributed by atoms with E-state index in [-0.39, 0.29) is 12.5 Å². The Morgan fingerprint density at radius 3 is 2.82 bits per heavy atom. The lowest BCUT2D eigenvalue weighted by molar-refractivity contribution is 0.0960. The summed E-state index contributed by atoms with van der Waals surface area (Å²) in [5.74, 6) is -0.0584. The standard InChI is InChI=1S/C22H34ClN2O2P/c1-3-28(14-5-7-18(2)16-28)17-25-22(27)20-15-19(9-10-21(20)23)8-4-11-24-12-6-13-26/h9-10,15,24,26H,2-8,11-14,16-17H2,1H3/p+1. The Labute approximate surface area is 175 Å². The van der Waals surface area contributed by atoms with Gasteiger partial charge in [0, 0.05) is 13.9 Å². The normalized spacial score (nSPS) is 19.6. The molecule has 1 aromatic rings. The Bertz CT molecular complexity index is 668. The van der Waals surface area contributed by atoms with Crippen molar-refractivity contribution in [1.29, 1.82) is 0 Å². The van der Waals surface area contributed by atoms with E-state index < -0.39 is 7.26 Å². The second-order valence-electron chi connectivity index (χ2n) is 7.80. The average Bonchev–Trinajstić information content (AvgIpc) is 2.70. The van der Waals surface area contributed by atoms with Gasteiger partial charge in [0.25, 0.3) is 5.91 Å². The fourth-order valence-electron chi connectivity index (χ4n) is 3.80. The number of aliphatic hydroxyl groups excluding tert-OH is 1. The number of benzene rings is 1. The maximum atomic E-state index is 12.8. The Morgan fingerprint density at radius 2 is 2.11 bits per heavy atom. The molecule has 0 spiro atoms. The number of halogens is 1. The van der Waals surface area contributed by atoms with Crippen molar-refractivity contribution in [2.24, 2.45) is 0 Å². The lowest BCUT2D eigenvalue weighted by atomic mass is 10.1. The smallest absolute Gasteiger partial charge is 0.255 e. The van der Waals surface area contributed by atoms with E-state index in [1.807, 2.05) is 18.2 Å². The van der Waals surface area contributed by atoms with Crippen LogP contribution in [0.2, 0.25) is 5.02 Å². The minimum Gasteiger partial charge on any atom is -0.396 e. The van der Waals surface area contributed by atoms with Gasteiger partial charge in [-0.1, -0.05) is 24.2 Å². The number of carbonyl (C=O) groups is 1. The van der Waals surface area contributed by atoms with Gasteiger partial charge in [0.15, 0.2) is 0 Å². The maximum Gasteiger partial charge on any atom is 0.255 e. The Morgan fingerprint density at radius 1 is 1.32 bits per heavy atom. The zero-order valence-corrected chi connectivity index (χ0v) is 18.8. The van der Waals surface area contributed by atoms with Gasteiger partial charge < -0.3 is 15.7 Å². The fraction of sp³-hybridized carbons (Fsp3) is 0.591. The molecule has 0 bridgehead atoms. The first-order valence-electron chi connectivity index (χ1n) is 10.4. The number of allylic oxidation sites excluding steroid dienone is 1. The van der Waals surface area contributed by atoms with Gasteiger partial charge in [-0.15, -0.1) is 0 Å². The van der Waals surface area contributed by atoms with Gasteiger partial charge in [-0.2, -0.15) is 0 Å². The molecule has 1 amide bonds. The third-order valence-electron chi connectivity index (χ3n) is 5.57.